The molecule has 2 rings (SSSR count). The highest BCUT2D eigenvalue weighted by molar-refractivity contribution is 5.81. The summed E-state index contributed by atoms with van der Waals surface area (Å²) >= 11 is 0. The van der Waals surface area contributed by atoms with Crippen LogP contribution in [0.2, 0.25) is 0 Å². The highest BCUT2D eigenvalue weighted by Gasteiger charge is 2.20. The lowest BCUT2D eigenvalue weighted by molar-refractivity contribution is 0.206. The van der Waals surface area contributed by atoms with E-state index in [0.29, 0.717) is 11.3 Å². The van der Waals surface area contributed by atoms with Gasteiger partial charge in [0.15, 0.2) is 4.98 Å². The molecule has 0 fully saturated rings. The molecule has 1 N–H and O–H groups in total. The van der Waals surface area contributed by atoms with Crippen LogP contribution in [0.1, 0.15) is 19.4 Å². The quantitative estimate of drug-likeness (QED) is 0.843. The molecule has 0 unspecified atom stereocenters. The fourth-order valence-electron chi connectivity index (χ4n) is 2.14. The molecule has 0 atom stereocenters. The largest absolute Gasteiger partial charge is 0.481 e. The maximum Gasteiger partial charge on any atom is 0.358 e. The van der Waals surface area contributed by atoms with E-state index in [9.17, 15) is 5.11 Å². The van der Waals surface area contributed by atoms with Crippen molar-refractivity contribution in [3.8, 4) is 5.75 Å². The Morgan fingerprint density at radius 1 is 1.37 bits per heavy atom. The van der Waals surface area contributed by atoms with Crippen LogP contribution >= 0.6 is 0 Å². The third-order valence-corrected chi connectivity index (χ3v) is 3.10. The molecular formula is C14H16N3O2+. The van der Waals surface area contributed by atoms with Gasteiger partial charge in [-0.05, 0) is 26.0 Å². The Bertz CT molecular complexity index is 581. The maximum atomic E-state index is 9.56. The van der Waals surface area contributed by atoms with Gasteiger partial charge in [0.2, 0.25) is 5.39 Å². The summed E-state index contributed by atoms with van der Waals surface area (Å²) in [6.45, 7) is 5.95. The zero-order valence-corrected chi connectivity index (χ0v) is 11.0. The first-order valence-corrected chi connectivity index (χ1v) is 6.21. The molecule has 0 bridgehead atoms. The van der Waals surface area contributed by atoms with Gasteiger partial charge >= 0.3 is 6.20 Å². The van der Waals surface area contributed by atoms with Gasteiger partial charge in [0.1, 0.15) is 5.75 Å². The van der Waals surface area contributed by atoms with Gasteiger partial charge in [-0.15, -0.1) is 0 Å². The SMILES string of the molecule is CCN(CC)c1ccc2c(c1)OC(O)=C/C2=C/[N+]#N. The van der Waals surface area contributed by atoms with Gasteiger partial charge in [-0.25, -0.2) is 0 Å². The summed E-state index contributed by atoms with van der Waals surface area (Å²) in [5, 5.41) is 18.2. The minimum atomic E-state index is -0.209. The molecule has 5 heteroatoms. The molecule has 0 saturated carbocycles. The average molecular weight is 258 g/mol. The smallest absolute Gasteiger partial charge is 0.358 e. The first-order valence-electron chi connectivity index (χ1n) is 6.21. The van der Waals surface area contributed by atoms with Crippen LogP contribution in [0.15, 0.2) is 36.4 Å². The minimum absolute atomic E-state index is 0.209. The van der Waals surface area contributed by atoms with Crippen molar-refractivity contribution in [1.82, 2.24) is 0 Å². The van der Waals surface area contributed by atoms with Gasteiger partial charge in [-0.3, -0.25) is 0 Å². The second-order valence-corrected chi connectivity index (χ2v) is 4.14. The average Bonchev–Trinajstić information content (AvgIpc) is 2.40. The van der Waals surface area contributed by atoms with E-state index in [2.05, 4.69) is 23.7 Å². The van der Waals surface area contributed by atoms with E-state index >= 15 is 0 Å². The highest BCUT2D eigenvalue weighted by atomic mass is 16.6. The molecule has 1 aromatic carbocycles. The second-order valence-electron chi connectivity index (χ2n) is 4.14. The molecule has 1 aromatic rings. The fourth-order valence-corrected chi connectivity index (χ4v) is 2.14. The van der Waals surface area contributed by atoms with Crippen LogP contribution in [0.4, 0.5) is 5.69 Å². The summed E-state index contributed by atoms with van der Waals surface area (Å²) in [6.07, 6.45) is 2.69. The Kier molecular flexibility index (Phi) is 3.71. The van der Waals surface area contributed by atoms with Crippen molar-refractivity contribution in [3.05, 3.63) is 47.0 Å². The van der Waals surface area contributed by atoms with Crippen molar-refractivity contribution in [2.45, 2.75) is 13.8 Å². The molecule has 98 valence electrons. The van der Waals surface area contributed by atoms with Crippen LogP contribution in [-0.2, 0) is 0 Å². The highest BCUT2D eigenvalue weighted by Crippen LogP contribution is 2.36. The van der Waals surface area contributed by atoms with Gasteiger partial charge in [0.25, 0.3) is 5.95 Å². The summed E-state index contributed by atoms with van der Waals surface area (Å²) in [5.74, 6) is 0.346. The molecule has 0 aliphatic carbocycles. The summed E-state index contributed by atoms with van der Waals surface area (Å²) in [4.78, 5) is 5.18. The van der Waals surface area contributed by atoms with Crippen LogP contribution in [-0.4, -0.2) is 18.2 Å². The number of allylic oxidation sites excluding steroid dienone is 2. The molecule has 0 amide bonds. The third-order valence-electron chi connectivity index (χ3n) is 3.10. The number of aliphatic hydroxyl groups is 1. The predicted octanol–water partition coefficient (Wildman–Crippen LogP) is 3.52. The number of diazo groups is 1. The molecule has 1 heterocycles. The summed E-state index contributed by atoms with van der Waals surface area (Å²) in [7, 11) is 0. The number of hydrogen-bond acceptors (Lipinski definition) is 4. The molecular weight excluding hydrogens is 242 g/mol. The van der Waals surface area contributed by atoms with E-state index in [1.54, 1.807) is 0 Å². The Hall–Kier alpha value is -2.48. The van der Waals surface area contributed by atoms with E-state index in [1.165, 1.54) is 12.3 Å². The van der Waals surface area contributed by atoms with Crippen LogP contribution in [0.3, 0.4) is 0 Å². The maximum absolute atomic E-state index is 9.56. The number of hydrogen-bond donors (Lipinski definition) is 1. The summed E-state index contributed by atoms with van der Waals surface area (Å²) < 4.78 is 5.31. The van der Waals surface area contributed by atoms with Crippen molar-refractivity contribution in [2.24, 2.45) is 0 Å². The Labute approximate surface area is 112 Å². The van der Waals surface area contributed by atoms with Gasteiger partial charge in [-0.2, -0.15) is 0 Å². The monoisotopic (exact) mass is 258 g/mol. The lowest BCUT2D eigenvalue weighted by Crippen LogP contribution is -2.21. The Balaban J connectivity index is 2.46. The van der Waals surface area contributed by atoms with Crippen LogP contribution in [0.5, 0.6) is 5.75 Å². The van der Waals surface area contributed by atoms with E-state index in [-0.39, 0.29) is 5.95 Å². The molecule has 0 spiro atoms. The van der Waals surface area contributed by atoms with Gasteiger partial charge in [0.05, 0.1) is 5.57 Å². The standard InChI is InChI=1S/C14H15N3O2/c1-3-17(4-2)11-5-6-12-10(9-16-15)7-14(18)19-13(12)8-11/h5-9H,3-4H2,1-2H3/p+1/b10-9-. The van der Waals surface area contributed by atoms with Crippen molar-refractivity contribution >= 4 is 11.3 Å². The molecule has 5 nitrogen and oxygen atoms in total. The number of fused-ring (bicyclic) bond motifs is 1. The van der Waals surface area contributed by atoms with E-state index in [0.717, 1.165) is 24.3 Å². The lowest BCUT2D eigenvalue weighted by atomic mass is 10.0. The molecule has 19 heavy (non-hydrogen) atoms. The molecule has 0 aromatic heterocycles. The second kappa shape index (κ2) is 5.44. The van der Waals surface area contributed by atoms with Crippen molar-refractivity contribution in [2.75, 3.05) is 18.0 Å². The number of aliphatic hydroxyl groups excluding tert-OH is 1. The number of ether oxygens (including phenoxy) is 1. The fraction of sp³-hybridized carbons (Fsp3) is 0.286. The van der Waals surface area contributed by atoms with E-state index < -0.39 is 0 Å². The number of nitrogens with zero attached hydrogens (tertiary/aromatic N) is 3. The van der Waals surface area contributed by atoms with Crippen molar-refractivity contribution in [1.29, 1.82) is 5.39 Å². The number of rotatable bonds is 3. The molecule has 1 aliphatic rings. The Morgan fingerprint density at radius 2 is 2.11 bits per heavy atom. The Morgan fingerprint density at radius 3 is 2.74 bits per heavy atom. The van der Waals surface area contributed by atoms with Gasteiger partial charge < -0.3 is 14.7 Å². The van der Waals surface area contributed by atoms with Gasteiger partial charge in [0, 0.05) is 36.5 Å². The molecule has 0 radical (unpaired) electrons. The minimum Gasteiger partial charge on any atom is -0.481 e. The van der Waals surface area contributed by atoms with E-state index in [4.69, 9.17) is 10.1 Å². The molecule has 0 saturated heterocycles. The predicted molar refractivity (Wildman–Crippen MR) is 74.4 cm³/mol. The number of anilines is 1. The zero-order chi connectivity index (χ0) is 13.8. The topological polar surface area (TPSA) is 60.9 Å². The lowest BCUT2D eigenvalue weighted by Gasteiger charge is -2.23. The van der Waals surface area contributed by atoms with Crippen molar-refractivity contribution < 1.29 is 9.84 Å². The first-order chi connectivity index (χ1) is 9.19. The molecule has 1 aliphatic heterocycles. The third kappa shape index (κ3) is 2.52. The van der Waals surface area contributed by atoms with E-state index in [1.807, 2.05) is 18.2 Å². The first kappa shape index (κ1) is 13.0. The summed E-state index contributed by atoms with van der Waals surface area (Å²) in [6, 6.07) is 5.75. The summed E-state index contributed by atoms with van der Waals surface area (Å²) in [5.41, 5.74) is 2.41. The zero-order valence-electron chi connectivity index (χ0n) is 11.0. The van der Waals surface area contributed by atoms with Crippen molar-refractivity contribution in [3.63, 3.8) is 0 Å². The number of benzene rings is 1. The van der Waals surface area contributed by atoms with Crippen LogP contribution < -0.4 is 9.64 Å². The van der Waals surface area contributed by atoms with Crippen LogP contribution in [0, 0.1) is 5.39 Å². The van der Waals surface area contributed by atoms with Gasteiger partial charge in [-0.1, -0.05) is 0 Å². The normalized spacial score (nSPS) is 15.2. The van der Waals surface area contributed by atoms with Crippen LogP contribution in [0.25, 0.3) is 10.5 Å².